The van der Waals surface area contributed by atoms with Crippen molar-refractivity contribution in [2.75, 3.05) is 6.61 Å². The van der Waals surface area contributed by atoms with Gasteiger partial charge in [-0.15, -0.1) is 0 Å². The highest BCUT2D eigenvalue weighted by atomic mass is 16.5. The van der Waals surface area contributed by atoms with Crippen LogP contribution in [0.25, 0.3) is 0 Å². The second-order valence-corrected chi connectivity index (χ2v) is 3.21. The highest BCUT2D eigenvalue weighted by Gasteiger charge is 2.21. The van der Waals surface area contributed by atoms with E-state index in [0.29, 0.717) is 11.1 Å². The maximum Gasteiger partial charge on any atom is 0.328 e. The zero-order chi connectivity index (χ0) is 12.7. The fourth-order valence-corrected chi connectivity index (χ4v) is 1.24. The number of nitrogens with zero attached hydrogens (tertiary/aromatic N) is 2. The second-order valence-electron chi connectivity index (χ2n) is 3.21. The first-order valence-corrected chi connectivity index (χ1v) is 4.90. The van der Waals surface area contributed by atoms with E-state index in [4.69, 9.17) is 15.3 Å². The summed E-state index contributed by atoms with van der Waals surface area (Å²) in [5.74, 6) is -1.58. The Bertz CT molecular complexity index is 492. The molecule has 1 aromatic carbocycles. The Morgan fingerprint density at radius 1 is 1.41 bits per heavy atom. The van der Waals surface area contributed by atoms with Crippen molar-refractivity contribution in [2.24, 2.45) is 0 Å². The van der Waals surface area contributed by atoms with E-state index in [1.54, 1.807) is 24.3 Å². The Morgan fingerprint density at radius 2 is 2.06 bits per heavy atom. The first kappa shape index (κ1) is 12.5. The largest absolute Gasteiger partial charge is 0.460 e. The molecule has 1 aromatic rings. The fraction of sp³-hybridized carbons (Fsp3) is 0.154. The van der Waals surface area contributed by atoms with Crippen LogP contribution in [0.2, 0.25) is 0 Å². The number of benzene rings is 1. The average Bonchev–Trinajstić information content (AvgIpc) is 2.38. The van der Waals surface area contributed by atoms with Gasteiger partial charge in [0.05, 0.1) is 17.7 Å². The van der Waals surface area contributed by atoms with Crippen molar-refractivity contribution in [2.45, 2.75) is 5.92 Å². The van der Waals surface area contributed by atoms with Crippen LogP contribution in [-0.2, 0) is 9.53 Å². The minimum Gasteiger partial charge on any atom is -0.460 e. The predicted molar refractivity (Wildman–Crippen MR) is 60.7 cm³/mol. The standard InChI is InChI=1S/C13H10N2O2/c1-2-7-17-13(16)12(9-15)11-5-3-10(8-14)4-6-11/h2-6,12H,1,7H2. The van der Waals surface area contributed by atoms with Gasteiger partial charge >= 0.3 is 5.97 Å². The monoisotopic (exact) mass is 226 g/mol. The van der Waals surface area contributed by atoms with Gasteiger partial charge in [-0.25, -0.2) is 0 Å². The molecule has 0 aliphatic rings. The third kappa shape index (κ3) is 3.19. The number of hydrogen-bond acceptors (Lipinski definition) is 4. The zero-order valence-corrected chi connectivity index (χ0v) is 9.09. The molecule has 84 valence electrons. The van der Waals surface area contributed by atoms with Crippen molar-refractivity contribution in [1.29, 1.82) is 10.5 Å². The van der Waals surface area contributed by atoms with Gasteiger partial charge in [-0.2, -0.15) is 10.5 Å². The van der Waals surface area contributed by atoms with E-state index in [1.807, 2.05) is 12.1 Å². The van der Waals surface area contributed by atoms with Crippen LogP contribution in [-0.4, -0.2) is 12.6 Å². The van der Waals surface area contributed by atoms with Crippen LogP contribution >= 0.6 is 0 Å². The minimum atomic E-state index is -0.970. The van der Waals surface area contributed by atoms with Gasteiger partial charge in [0.15, 0.2) is 5.92 Å². The summed E-state index contributed by atoms with van der Waals surface area (Å²) in [7, 11) is 0. The van der Waals surface area contributed by atoms with E-state index in [9.17, 15) is 4.79 Å². The Morgan fingerprint density at radius 3 is 2.53 bits per heavy atom. The van der Waals surface area contributed by atoms with E-state index >= 15 is 0 Å². The summed E-state index contributed by atoms with van der Waals surface area (Å²) in [6, 6.07) is 10.1. The minimum absolute atomic E-state index is 0.0767. The molecule has 0 bridgehead atoms. The van der Waals surface area contributed by atoms with Crippen LogP contribution in [0.1, 0.15) is 17.0 Å². The smallest absolute Gasteiger partial charge is 0.328 e. The molecule has 0 heterocycles. The molecule has 0 aliphatic heterocycles. The Kier molecular flexibility index (Phi) is 4.47. The van der Waals surface area contributed by atoms with Gasteiger partial charge in [-0.1, -0.05) is 24.8 Å². The molecule has 1 rings (SSSR count). The third-order valence-corrected chi connectivity index (χ3v) is 2.08. The molecule has 0 aliphatic carbocycles. The summed E-state index contributed by atoms with van der Waals surface area (Å²) in [6.07, 6.45) is 1.44. The van der Waals surface area contributed by atoms with Crippen molar-refractivity contribution in [3.63, 3.8) is 0 Å². The van der Waals surface area contributed by atoms with E-state index in [2.05, 4.69) is 6.58 Å². The maximum atomic E-state index is 11.5. The summed E-state index contributed by atoms with van der Waals surface area (Å²) < 4.78 is 4.81. The van der Waals surface area contributed by atoms with E-state index < -0.39 is 11.9 Å². The van der Waals surface area contributed by atoms with Gasteiger partial charge in [0.1, 0.15) is 6.61 Å². The zero-order valence-electron chi connectivity index (χ0n) is 9.09. The first-order chi connectivity index (χ1) is 8.22. The molecule has 0 N–H and O–H groups in total. The summed E-state index contributed by atoms with van der Waals surface area (Å²) in [6.45, 7) is 3.49. The SMILES string of the molecule is C=CCOC(=O)C(C#N)c1ccc(C#N)cc1. The molecule has 0 aromatic heterocycles. The topological polar surface area (TPSA) is 73.9 Å². The molecule has 4 nitrogen and oxygen atoms in total. The lowest BCUT2D eigenvalue weighted by atomic mass is 10.00. The van der Waals surface area contributed by atoms with Crippen LogP contribution in [0, 0.1) is 22.7 Å². The van der Waals surface area contributed by atoms with Crippen molar-refractivity contribution in [1.82, 2.24) is 0 Å². The Hall–Kier alpha value is -2.59. The fourth-order valence-electron chi connectivity index (χ4n) is 1.24. The summed E-state index contributed by atoms with van der Waals surface area (Å²) in [5.41, 5.74) is 0.991. The van der Waals surface area contributed by atoms with Gasteiger partial charge in [-0.3, -0.25) is 4.79 Å². The lowest BCUT2D eigenvalue weighted by molar-refractivity contribution is -0.142. The molecule has 0 amide bonds. The molecule has 1 unspecified atom stereocenters. The van der Waals surface area contributed by atoms with E-state index in [0.717, 1.165) is 0 Å². The van der Waals surface area contributed by atoms with Crippen molar-refractivity contribution >= 4 is 5.97 Å². The number of carbonyl (C=O) groups is 1. The summed E-state index contributed by atoms with van der Waals surface area (Å²) in [5, 5.41) is 17.6. The van der Waals surface area contributed by atoms with Crippen molar-refractivity contribution < 1.29 is 9.53 Å². The van der Waals surface area contributed by atoms with Gasteiger partial charge in [0, 0.05) is 0 Å². The molecule has 0 spiro atoms. The highest BCUT2D eigenvalue weighted by Crippen LogP contribution is 2.17. The maximum absolute atomic E-state index is 11.5. The Balaban J connectivity index is 2.87. The van der Waals surface area contributed by atoms with Crippen molar-refractivity contribution in [3.8, 4) is 12.1 Å². The normalized spacial score (nSPS) is 10.7. The molecule has 17 heavy (non-hydrogen) atoms. The van der Waals surface area contributed by atoms with Gasteiger partial charge in [0.25, 0.3) is 0 Å². The average molecular weight is 226 g/mol. The predicted octanol–water partition coefficient (Wildman–Crippen LogP) is 1.89. The lowest BCUT2D eigenvalue weighted by Gasteiger charge is -2.08. The number of carbonyl (C=O) groups excluding carboxylic acids is 1. The van der Waals surface area contributed by atoms with E-state index in [1.165, 1.54) is 6.08 Å². The molecule has 4 heteroatoms. The number of nitriles is 2. The molecular formula is C13H10N2O2. The van der Waals surface area contributed by atoms with Crippen LogP contribution in [0.4, 0.5) is 0 Å². The van der Waals surface area contributed by atoms with Gasteiger partial charge in [-0.05, 0) is 17.7 Å². The molecular weight excluding hydrogens is 216 g/mol. The molecule has 0 saturated carbocycles. The number of ether oxygens (including phenoxy) is 1. The third-order valence-electron chi connectivity index (χ3n) is 2.08. The molecule has 0 fully saturated rings. The second kappa shape index (κ2) is 6.09. The molecule has 0 radical (unpaired) electrons. The molecule has 1 atom stereocenters. The number of rotatable bonds is 4. The summed E-state index contributed by atoms with van der Waals surface area (Å²) >= 11 is 0. The number of esters is 1. The van der Waals surface area contributed by atoms with Crippen LogP contribution in [0.3, 0.4) is 0 Å². The van der Waals surface area contributed by atoms with Crippen LogP contribution in [0.15, 0.2) is 36.9 Å². The summed E-state index contributed by atoms with van der Waals surface area (Å²) in [4.78, 5) is 11.5. The van der Waals surface area contributed by atoms with Gasteiger partial charge in [0.2, 0.25) is 0 Å². The first-order valence-electron chi connectivity index (χ1n) is 4.90. The Labute approximate surface area is 99.4 Å². The molecule has 0 saturated heterocycles. The number of hydrogen-bond donors (Lipinski definition) is 0. The van der Waals surface area contributed by atoms with Gasteiger partial charge < -0.3 is 4.74 Å². The van der Waals surface area contributed by atoms with E-state index in [-0.39, 0.29) is 6.61 Å². The van der Waals surface area contributed by atoms with Crippen LogP contribution in [0.5, 0.6) is 0 Å². The quantitative estimate of drug-likeness (QED) is 0.580. The van der Waals surface area contributed by atoms with Crippen LogP contribution < -0.4 is 0 Å². The van der Waals surface area contributed by atoms with Crippen molar-refractivity contribution in [3.05, 3.63) is 48.0 Å². The lowest BCUT2D eigenvalue weighted by Crippen LogP contribution is -2.14. The highest BCUT2D eigenvalue weighted by molar-refractivity contribution is 5.81.